The van der Waals surface area contributed by atoms with Crippen molar-refractivity contribution in [3.63, 3.8) is 0 Å². The van der Waals surface area contributed by atoms with Crippen LogP contribution in [0, 0.1) is 5.41 Å². The predicted molar refractivity (Wildman–Crippen MR) is 110 cm³/mol. The molecule has 1 rings (SSSR count). The Labute approximate surface area is 152 Å². The number of nitrogens with two attached hydrogens (primary N) is 1. The molecule has 0 aliphatic heterocycles. The maximum Gasteiger partial charge on any atom is 0.138 e. The third-order valence-corrected chi connectivity index (χ3v) is 6.42. The Hall–Kier alpha value is -0.215. The molecular formula is C18H38B3NO2. The average Bonchev–Trinajstić information content (AvgIpc) is 2.41. The summed E-state index contributed by atoms with van der Waals surface area (Å²) in [5.41, 5.74) is 5.24. The summed E-state index contributed by atoms with van der Waals surface area (Å²) in [7, 11) is 4.77. The van der Waals surface area contributed by atoms with Gasteiger partial charge in [-0.3, -0.25) is 4.79 Å². The quantitative estimate of drug-likeness (QED) is 0.521. The van der Waals surface area contributed by atoms with Crippen molar-refractivity contribution in [3.05, 3.63) is 0 Å². The molecular weight excluding hydrogens is 295 g/mol. The van der Waals surface area contributed by atoms with Crippen molar-refractivity contribution in [2.45, 2.75) is 96.3 Å². The number of rotatable bonds is 9. The highest BCUT2D eigenvalue weighted by molar-refractivity contribution is 7.06. The Balaban J connectivity index is 2.40. The first-order chi connectivity index (χ1) is 10.8. The average molecular weight is 333 g/mol. The number of ether oxygens (including phenoxy) is 1. The van der Waals surface area contributed by atoms with Crippen LogP contribution >= 0.6 is 0 Å². The number of hydrogen-bond acceptors (Lipinski definition) is 3. The van der Waals surface area contributed by atoms with E-state index in [4.69, 9.17) is 10.5 Å². The fraction of sp³-hybridized carbons (Fsp3) is 0.944. The van der Waals surface area contributed by atoms with E-state index in [-0.39, 0.29) is 16.5 Å². The van der Waals surface area contributed by atoms with Crippen molar-refractivity contribution in [1.29, 1.82) is 0 Å². The van der Waals surface area contributed by atoms with Crippen molar-refractivity contribution in [2.24, 2.45) is 11.1 Å². The van der Waals surface area contributed by atoms with E-state index >= 15 is 0 Å². The van der Waals surface area contributed by atoms with Gasteiger partial charge in [0.05, 0.1) is 7.74 Å². The van der Waals surface area contributed by atoms with Crippen LogP contribution in [0.1, 0.15) is 73.6 Å². The highest BCUT2D eigenvalue weighted by Crippen LogP contribution is 2.50. The van der Waals surface area contributed by atoms with Gasteiger partial charge >= 0.3 is 0 Å². The summed E-state index contributed by atoms with van der Waals surface area (Å²) in [5, 5.41) is 0.261. The van der Waals surface area contributed by atoms with Crippen molar-refractivity contribution < 1.29 is 9.53 Å². The van der Waals surface area contributed by atoms with Gasteiger partial charge in [-0.1, -0.05) is 64.4 Å². The molecule has 2 N–H and O–H groups in total. The van der Waals surface area contributed by atoms with E-state index < -0.39 is 5.72 Å². The third kappa shape index (κ3) is 6.26. The molecule has 1 fully saturated rings. The fourth-order valence-electron chi connectivity index (χ4n) is 3.60. The maximum absolute atomic E-state index is 12.1. The Morgan fingerprint density at radius 2 is 1.75 bits per heavy atom. The van der Waals surface area contributed by atoms with Crippen LogP contribution in [0.15, 0.2) is 0 Å². The van der Waals surface area contributed by atoms with Crippen LogP contribution in [0.25, 0.3) is 0 Å². The Morgan fingerprint density at radius 1 is 1.17 bits per heavy atom. The zero-order valence-electron chi connectivity index (χ0n) is 17.4. The SMILES string of the molecule is BB(C1CCC1B)C(C)(C)CCOC(C)(N)CCC(=O)C(C)(C)C. The van der Waals surface area contributed by atoms with Gasteiger partial charge in [0.1, 0.15) is 26.0 Å². The summed E-state index contributed by atoms with van der Waals surface area (Å²) < 4.78 is 5.96. The summed E-state index contributed by atoms with van der Waals surface area (Å²) in [6.07, 6.45) is 4.83. The molecule has 1 aliphatic rings. The van der Waals surface area contributed by atoms with Gasteiger partial charge in [0.25, 0.3) is 0 Å². The molecule has 0 aromatic rings. The highest BCUT2D eigenvalue weighted by Gasteiger charge is 2.41. The lowest BCUT2D eigenvalue weighted by Crippen LogP contribution is -2.43. The second kappa shape index (κ2) is 7.99. The minimum Gasteiger partial charge on any atom is -0.361 e. The molecule has 3 atom stereocenters. The molecule has 6 heteroatoms. The summed E-state index contributed by atoms with van der Waals surface area (Å²) in [6.45, 7) is 13.8. The zero-order valence-corrected chi connectivity index (χ0v) is 17.4. The topological polar surface area (TPSA) is 52.3 Å². The Kier molecular flexibility index (Phi) is 7.27. The van der Waals surface area contributed by atoms with E-state index in [1.165, 1.54) is 12.8 Å². The molecule has 0 radical (unpaired) electrons. The largest absolute Gasteiger partial charge is 0.361 e. The number of carbonyl (C=O) groups is 1. The third-order valence-electron chi connectivity index (χ3n) is 6.42. The van der Waals surface area contributed by atoms with Gasteiger partial charge in [-0.2, -0.15) is 0 Å². The molecule has 0 spiro atoms. The van der Waals surface area contributed by atoms with E-state index in [1.54, 1.807) is 0 Å². The first-order valence-electron chi connectivity index (χ1n) is 9.72. The predicted octanol–water partition coefficient (Wildman–Crippen LogP) is 2.45. The normalized spacial score (nSPS) is 24.1. The van der Waals surface area contributed by atoms with E-state index in [2.05, 4.69) is 29.4 Å². The van der Waals surface area contributed by atoms with Gasteiger partial charge in [0, 0.05) is 18.4 Å². The number of Topliss-reactive ketones (excluding diaryl/α,β-unsaturated/α-hetero) is 1. The lowest BCUT2D eigenvalue weighted by Gasteiger charge is -2.44. The number of hydrogen-bond donors (Lipinski definition) is 1. The molecule has 1 saturated carbocycles. The van der Waals surface area contributed by atoms with Crippen molar-refractivity contribution >= 4 is 28.0 Å². The van der Waals surface area contributed by atoms with Crippen LogP contribution in [0.3, 0.4) is 0 Å². The minimum absolute atomic E-state index is 0.246. The van der Waals surface area contributed by atoms with Crippen LogP contribution in [0.2, 0.25) is 16.9 Å². The monoisotopic (exact) mass is 333 g/mol. The molecule has 1 aliphatic carbocycles. The van der Waals surface area contributed by atoms with Crippen LogP contribution < -0.4 is 5.73 Å². The van der Waals surface area contributed by atoms with E-state index in [0.717, 1.165) is 18.1 Å². The Bertz CT molecular complexity index is 432. The molecule has 0 aromatic carbocycles. The van der Waals surface area contributed by atoms with E-state index in [1.807, 2.05) is 27.7 Å². The molecule has 0 heterocycles. The Morgan fingerprint density at radius 3 is 2.17 bits per heavy atom. The van der Waals surface area contributed by atoms with Gasteiger partial charge in [-0.05, 0) is 19.8 Å². The van der Waals surface area contributed by atoms with Crippen molar-refractivity contribution in [1.82, 2.24) is 0 Å². The molecule has 0 amide bonds. The minimum atomic E-state index is -0.718. The standard InChI is InChI=1S/C18H38B3NO2/c1-16(2,3)15(23)9-10-18(6,22)24-12-11-17(4,5)21(20)14-8-7-13(14)19/h13-14H,7-12,19-20,22H2,1-6H3. The second-order valence-electron chi connectivity index (χ2n) is 10.1. The summed E-state index contributed by atoms with van der Waals surface area (Å²) in [5.74, 6) is 1.97. The number of ketones is 1. The highest BCUT2D eigenvalue weighted by atomic mass is 16.5. The molecule has 3 nitrogen and oxygen atoms in total. The van der Waals surface area contributed by atoms with E-state index in [0.29, 0.717) is 26.1 Å². The summed E-state index contributed by atoms with van der Waals surface area (Å²) >= 11 is 0. The maximum atomic E-state index is 12.1. The molecule has 24 heavy (non-hydrogen) atoms. The van der Waals surface area contributed by atoms with Gasteiger partial charge in [-0.15, -0.1) is 0 Å². The molecule has 3 unspecified atom stereocenters. The molecule has 0 bridgehead atoms. The number of carbonyl (C=O) groups excluding carboxylic acids is 1. The van der Waals surface area contributed by atoms with Gasteiger partial charge in [0.15, 0.2) is 0 Å². The lowest BCUT2D eigenvalue weighted by molar-refractivity contribution is -0.128. The molecule has 136 valence electrons. The van der Waals surface area contributed by atoms with Crippen molar-refractivity contribution in [3.8, 4) is 0 Å². The second-order valence-corrected chi connectivity index (χ2v) is 10.1. The molecule has 0 saturated heterocycles. The van der Waals surface area contributed by atoms with Crippen molar-refractivity contribution in [2.75, 3.05) is 6.61 Å². The molecule has 0 aromatic heterocycles. The smallest absolute Gasteiger partial charge is 0.138 e. The summed E-state index contributed by atoms with van der Waals surface area (Å²) in [4.78, 5) is 12.1. The van der Waals surface area contributed by atoms with Crippen LogP contribution in [0.5, 0.6) is 0 Å². The van der Waals surface area contributed by atoms with Crippen LogP contribution in [-0.2, 0) is 9.53 Å². The first kappa shape index (κ1) is 21.8. The lowest BCUT2D eigenvalue weighted by atomic mass is 9.12. The summed E-state index contributed by atoms with van der Waals surface area (Å²) in [6, 6.07) is 0. The fourth-order valence-corrected chi connectivity index (χ4v) is 3.60. The van der Waals surface area contributed by atoms with Gasteiger partial charge in [0.2, 0.25) is 0 Å². The first-order valence-corrected chi connectivity index (χ1v) is 9.72. The van der Waals surface area contributed by atoms with Crippen LogP contribution in [0.4, 0.5) is 0 Å². The van der Waals surface area contributed by atoms with Crippen LogP contribution in [-0.4, -0.2) is 40.3 Å². The zero-order chi connectivity index (χ0) is 18.8. The van der Waals surface area contributed by atoms with E-state index in [9.17, 15) is 4.79 Å². The van der Waals surface area contributed by atoms with Gasteiger partial charge in [-0.25, -0.2) is 0 Å². The van der Waals surface area contributed by atoms with Gasteiger partial charge < -0.3 is 10.5 Å².